The van der Waals surface area contributed by atoms with Crippen LogP contribution in [0.15, 0.2) is 72.6 Å². The highest BCUT2D eigenvalue weighted by molar-refractivity contribution is 7.13. The van der Waals surface area contributed by atoms with Crippen LogP contribution < -0.4 is 5.32 Å². The Bertz CT molecular complexity index is 1380. The fourth-order valence-corrected chi connectivity index (χ4v) is 3.72. The molecule has 8 nitrogen and oxygen atoms in total. The number of hydrogen-bond donors (Lipinski definition) is 1. The smallest absolute Gasteiger partial charge is 0.295 e. The van der Waals surface area contributed by atoms with E-state index in [1.807, 2.05) is 17.5 Å². The molecule has 3 aromatic heterocycles. The summed E-state index contributed by atoms with van der Waals surface area (Å²) in [5.41, 5.74) is 0.968. The number of amides is 1. The number of hydrogen-bond acceptors (Lipinski definition) is 6. The maximum atomic E-state index is 14.5. The molecule has 1 N–H and O–H groups in total. The molecule has 1 amide bonds. The number of benzene rings is 2. The van der Waals surface area contributed by atoms with Gasteiger partial charge in [0.25, 0.3) is 5.91 Å². The van der Waals surface area contributed by atoms with Gasteiger partial charge in [-0.05, 0) is 53.9 Å². The van der Waals surface area contributed by atoms with Crippen LogP contribution in [0.4, 0.5) is 14.5 Å². The molecule has 32 heavy (non-hydrogen) atoms. The van der Waals surface area contributed by atoms with Gasteiger partial charge in [-0.15, -0.1) is 16.4 Å². The number of carbonyl (C=O) groups excluding carboxylic acids is 1. The van der Waals surface area contributed by atoms with Gasteiger partial charge in [0.1, 0.15) is 24.2 Å². The van der Waals surface area contributed by atoms with E-state index in [1.165, 1.54) is 63.7 Å². The number of anilines is 1. The van der Waals surface area contributed by atoms with Crippen molar-refractivity contribution in [1.82, 2.24) is 29.5 Å². The van der Waals surface area contributed by atoms with E-state index in [4.69, 9.17) is 0 Å². The molecule has 0 spiro atoms. The summed E-state index contributed by atoms with van der Waals surface area (Å²) in [7, 11) is 0. The highest BCUT2D eigenvalue weighted by Crippen LogP contribution is 2.26. The minimum absolute atomic E-state index is 0.113. The number of nitrogens with one attached hydrogen (secondary N) is 1. The van der Waals surface area contributed by atoms with Crippen LogP contribution in [0.5, 0.6) is 0 Å². The Kier molecular flexibility index (Phi) is 5.00. The number of carbonyl (C=O) groups is 1. The van der Waals surface area contributed by atoms with Crippen LogP contribution in [-0.2, 0) is 0 Å². The minimum atomic E-state index is -0.614. The summed E-state index contributed by atoms with van der Waals surface area (Å²) < 4.78 is 30.6. The van der Waals surface area contributed by atoms with E-state index in [1.54, 1.807) is 12.1 Å². The first-order chi connectivity index (χ1) is 15.6. The topological polar surface area (TPSA) is 90.5 Å². The van der Waals surface area contributed by atoms with Crippen LogP contribution in [0, 0.1) is 11.6 Å². The van der Waals surface area contributed by atoms with Crippen LogP contribution in [0.25, 0.3) is 22.1 Å². The molecule has 158 valence electrons. The number of rotatable bonds is 5. The largest absolute Gasteiger partial charge is 0.319 e. The predicted octanol–water partition coefficient (Wildman–Crippen LogP) is 4.11. The average Bonchev–Trinajstić information content (AvgIpc) is 3.55. The van der Waals surface area contributed by atoms with Crippen molar-refractivity contribution in [2.24, 2.45) is 0 Å². The van der Waals surface area contributed by atoms with Crippen molar-refractivity contribution in [1.29, 1.82) is 0 Å². The Morgan fingerprint density at radius 3 is 2.59 bits per heavy atom. The Morgan fingerprint density at radius 2 is 1.91 bits per heavy atom. The van der Waals surface area contributed by atoms with Gasteiger partial charge in [0.2, 0.25) is 5.82 Å². The molecule has 5 rings (SSSR count). The summed E-state index contributed by atoms with van der Waals surface area (Å²) in [5.74, 6) is -1.27. The van der Waals surface area contributed by atoms with E-state index in [2.05, 4.69) is 25.5 Å². The molecule has 0 radical (unpaired) electrons. The second-order valence-corrected chi connectivity index (χ2v) is 7.53. The van der Waals surface area contributed by atoms with Crippen LogP contribution >= 0.6 is 11.3 Å². The SMILES string of the molecule is O=C(Nc1ccc(-n2cncn2)c(F)c1)c1nc(-c2cccs2)n(-c2ccc(F)cc2)n1. The molecule has 0 saturated heterocycles. The standard InChI is InChI=1S/C21H13F2N7OS/c22-13-3-6-15(7-4-13)30-20(18-2-1-9-32-18)27-19(28-30)21(31)26-14-5-8-17(16(23)10-14)29-12-24-11-25-29/h1-12H,(H,26,31). The van der Waals surface area contributed by atoms with Gasteiger partial charge in [-0.3, -0.25) is 4.79 Å². The Morgan fingerprint density at radius 1 is 1.06 bits per heavy atom. The van der Waals surface area contributed by atoms with E-state index >= 15 is 0 Å². The average molecular weight is 449 g/mol. The lowest BCUT2D eigenvalue weighted by atomic mass is 10.2. The lowest BCUT2D eigenvalue weighted by Crippen LogP contribution is -2.14. The zero-order valence-electron chi connectivity index (χ0n) is 16.2. The van der Waals surface area contributed by atoms with Gasteiger partial charge in [-0.1, -0.05) is 6.07 Å². The monoisotopic (exact) mass is 449 g/mol. The van der Waals surface area contributed by atoms with Gasteiger partial charge in [-0.25, -0.2) is 28.1 Å². The van der Waals surface area contributed by atoms with Crippen molar-refractivity contribution < 1.29 is 13.6 Å². The molecule has 0 fully saturated rings. The van der Waals surface area contributed by atoms with E-state index in [-0.39, 0.29) is 23.0 Å². The summed E-state index contributed by atoms with van der Waals surface area (Å²) in [6.07, 6.45) is 2.66. The molecule has 5 aromatic rings. The maximum absolute atomic E-state index is 14.5. The quantitative estimate of drug-likeness (QED) is 0.436. The van der Waals surface area contributed by atoms with Crippen LogP contribution in [0.3, 0.4) is 0 Å². The zero-order chi connectivity index (χ0) is 22.1. The Labute approximate surface area is 183 Å². The predicted molar refractivity (Wildman–Crippen MR) is 114 cm³/mol. The molecule has 0 unspecified atom stereocenters. The fraction of sp³-hybridized carbons (Fsp3) is 0. The normalized spacial score (nSPS) is 10.9. The summed E-state index contributed by atoms with van der Waals surface area (Å²) in [6.45, 7) is 0. The van der Waals surface area contributed by atoms with Gasteiger partial charge in [0.05, 0.1) is 10.6 Å². The van der Waals surface area contributed by atoms with Crippen LogP contribution in [0.2, 0.25) is 0 Å². The summed E-state index contributed by atoms with van der Waals surface area (Å²) >= 11 is 1.43. The minimum Gasteiger partial charge on any atom is -0.319 e. The van der Waals surface area contributed by atoms with Crippen LogP contribution in [0.1, 0.15) is 10.6 Å². The van der Waals surface area contributed by atoms with Crippen molar-refractivity contribution in [2.45, 2.75) is 0 Å². The van der Waals surface area contributed by atoms with Gasteiger partial charge in [0, 0.05) is 5.69 Å². The molecule has 0 saturated carbocycles. The third-order valence-corrected chi connectivity index (χ3v) is 5.36. The van der Waals surface area contributed by atoms with Crippen molar-refractivity contribution in [3.8, 4) is 22.1 Å². The first kappa shape index (κ1) is 19.7. The van der Waals surface area contributed by atoms with E-state index < -0.39 is 11.7 Å². The number of nitrogens with zero attached hydrogens (tertiary/aromatic N) is 6. The summed E-state index contributed by atoms with van der Waals surface area (Å²) in [6, 6.07) is 13.6. The lowest BCUT2D eigenvalue weighted by Gasteiger charge is -2.06. The van der Waals surface area contributed by atoms with Crippen molar-refractivity contribution in [2.75, 3.05) is 5.32 Å². The molecule has 0 aliphatic heterocycles. The lowest BCUT2D eigenvalue weighted by molar-refractivity contribution is 0.101. The molecular weight excluding hydrogens is 436 g/mol. The highest BCUT2D eigenvalue weighted by Gasteiger charge is 2.20. The third-order valence-electron chi connectivity index (χ3n) is 4.49. The number of thiophene rings is 1. The fourth-order valence-electron chi connectivity index (χ4n) is 3.03. The van der Waals surface area contributed by atoms with Crippen molar-refractivity contribution in [3.63, 3.8) is 0 Å². The third kappa shape index (κ3) is 3.76. The van der Waals surface area contributed by atoms with Gasteiger partial charge < -0.3 is 5.32 Å². The molecular formula is C21H13F2N7OS. The molecule has 0 aliphatic carbocycles. The maximum Gasteiger partial charge on any atom is 0.295 e. The van der Waals surface area contributed by atoms with Gasteiger partial charge in [0.15, 0.2) is 11.6 Å². The van der Waals surface area contributed by atoms with Crippen molar-refractivity contribution in [3.05, 3.63) is 90.1 Å². The first-order valence-electron chi connectivity index (χ1n) is 9.31. The zero-order valence-corrected chi connectivity index (χ0v) is 17.0. The molecule has 11 heteroatoms. The van der Waals surface area contributed by atoms with Gasteiger partial charge >= 0.3 is 0 Å². The first-order valence-corrected chi connectivity index (χ1v) is 10.2. The molecule has 0 aliphatic rings. The number of aromatic nitrogens is 6. The second-order valence-electron chi connectivity index (χ2n) is 6.58. The molecule has 0 bridgehead atoms. The summed E-state index contributed by atoms with van der Waals surface area (Å²) in [5, 5.41) is 12.7. The second kappa shape index (κ2) is 8.12. The molecule has 2 aromatic carbocycles. The highest BCUT2D eigenvalue weighted by atomic mass is 32.1. The van der Waals surface area contributed by atoms with Gasteiger partial charge in [-0.2, -0.15) is 5.10 Å². The van der Waals surface area contributed by atoms with E-state index in [9.17, 15) is 13.6 Å². The van der Waals surface area contributed by atoms with E-state index in [0.29, 0.717) is 11.5 Å². The van der Waals surface area contributed by atoms with E-state index in [0.717, 1.165) is 4.88 Å². The van der Waals surface area contributed by atoms with Crippen LogP contribution in [-0.4, -0.2) is 35.4 Å². The Hall–Kier alpha value is -4.25. The number of halogens is 2. The summed E-state index contributed by atoms with van der Waals surface area (Å²) in [4.78, 5) is 21.7. The van der Waals surface area contributed by atoms with Crippen molar-refractivity contribution >= 4 is 22.9 Å². The molecule has 3 heterocycles. The Balaban J connectivity index is 1.46. The molecule has 0 atom stereocenters.